The normalized spacial score (nSPS) is 20.0. The van der Waals surface area contributed by atoms with Crippen molar-refractivity contribution in [1.29, 1.82) is 0 Å². The van der Waals surface area contributed by atoms with E-state index >= 15 is 0 Å². The van der Waals surface area contributed by atoms with Gasteiger partial charge in [0.05, 0.1) is 23.0 Å². The van der Waals surface area contributed by atoms with E-state index in [0.29, 0.717) is 17.8 Å². The second-order valence-corrected chi connectivity index (χ2v) is 6.48. The number of oxime groups is 1. The Morgan fingerprint density at radius 2 is 2.30 bits per heavy atom. The summed E-state index contributed by atoms with van der Waals surface area (Å²) in [5, 5.41) is 12.1. The van der Waals surface area contributed by atoms with E-state index < -0.39 is 0 Å². The van der Waals surface area contributed by atoms with E-state index in [0.717, 1.165) is 28.7 Å². The van der Waals surface area contributed by atoms with Gasteiger partial charge in [-0.15, -0.1) is 0 Å². The molecule has 2 aliphatic heterocycles. The average Bonchev–Trinajstić information content (AvgIpc) is 3.17. The summed E-state index contributed by atoms with van der Waals surface area (Å²) in [6.07, 6.45) is 3.37. The number of amides is 1. The van der Waals surface area contributed by atoms with Crippen molar-refractivity contribution in [3.8, 4) is 5.69 Å². The Morgan fingerprint density at radius 3 is 3.09 bits per heavy atom. The number of hydrogen-bond donors (Lipinski definition) is 2. The van der Waals surface area contributed by atoms with Gasteiger partial charge >= 0.3 is 0 Å². The number of amidine groups is 1. The second-order valence-electron chi connectivity index (χ2n) is 5.62. The summed E-state index contributed by atoms with van der Waals surface area (Å²) in [7, 11) is 0. The fourth-order valence-electron chi connectivity index (χ4n) is 3.48. The van der Waals surface area contributed by atoms with Gasteiger partial charge in [0, 0.05) is 11.0 Å². The molecule has 1 atom stereocenters. The molecule has 0 radical (unpaired) electrons. The Hall–Kier alpha value is -2.35. The molecule has 0 bridgehead atoms. The van der Waals surface area contributed by atoms with E-state index in [9.17, 15) is 4.79 Å². The predicted molar refractivity (Wildman–Crippen MR) is 86.8 cm³/mol. The van der Waals surface area contributed by atoms with Crippen LogP contribution in [0.2, 0.25) is 0 Å². The van der Waals surface area contributed by atoms with Crippen molar-refractivity contribution >= 4 is 27.7 Å². The van der Waals surface area contributed by atoms with Crippen molar-refractivity contribution in [2.45, 2.75) is 18.9 Å². The molecular formula is C15H14BrN5O2. The van der Waals surface area contributed by atoms with Gasteiger partial charge in [0.1, 0.15) is 12.0 Å². The summed E-state index contributed by atoms with van der Waals surface area (Å²) in [6, 6.07) is 5.48. The first-order chi connectivity index (χ1) is 11.1. The van der Waals surface area contributed by atoms with Crippen molar-refractivity contribution in [2.24, 2.45) is 10.9 Å². The third-order valence-electron chi connectivity index (χ3n) is 4.45. The Labute approximate surface area is 140 Å². The third-order valence-corrected chi connectivity index (χ3v) is 5.11. The lowest BCUT2D eigenvalue weighted by Gasteiger charge is -2.23. The van der Waals surface area contributed by atoms with Crippen LogP contribution in [0, 0.1) is 0 Å². The highest BCUT2D eigenvalue weighted by Crippen LogP contribution is 2.41. The molecule has 8 heteroatoms. The predicted octanol–water partition coefficient (Wildman–Crippen LogP) is 2.02. The van der Waals surface area contributed by atoms with Gasteiger partial charge in [0.15, 0.2) is 5.84 Å². The Morgan fingerprint density at radius 1 is 1.48 bits per heavy atom. The van der Waals surface area contributed by atoms with Crippen LogP contribution in [0.3, 0.4) is 0 Å². The van der Waals surface area contributed by atoms with Gasteiger partial charge < -0.3 is 15.8 Å². The molecule has 1 fully saturated rings. The van der Waals surface area contributed by atoms with Crippen molar-refractivity contribution in [1.82, 2.24) is 14.5 Å². The first-order valence-electron chi connectivity index (χ1n) is 7.28. The number of imidazole rings is 1. The molecule has 0 spiro atoms. The van der Waals surface area contributed by atoms with Gasteiger partial charge in [0.25, 0.3) is 5.91 Å². The van der Waals surface area contributed by atoms with Gasteiger partial charge in [-0.25, -0.2) is 4.98 Å². The van der Waals surface area contributed by atoms with Crippen molar-refractivity contribution in [3.63, 3.8) is 0 Å². The average molecular weight is 376 g/mol. The SMILES string of the molecule is NC(=NO)c1ncn2c1[C@@H]1CCCN1C(=O)c1c(Br)cccc1-2. The largest absolute Gasteiger partial charge is 0.409 e. The topological polar surface area (TPSA) is 96.7 Å². The van der Waals surface area contributed by atoms with Gasteiger partial charge in [-0.1, -0.05) is 11.2 Å². The number of benzene rings is 1. The molecule has 0 saturated carbocycles. The molecule has 1 saturated heterocycles. The number of aromatic nitrogens is 2. The van der Waals surface area contributed by atoms with Crippen LogP contribution in [-0.2, 0) is 0 Å². The van der Waals surface area contributed by atoms with E-state index in [-0.39, 0.29) is 17.8 Å². The number of hydrogen-bond acceptors (Lipinski definition) is 4. The fraction of sp³-hybridized carbons (Fsp3) is 0.267. The summed E-state index contributed by atoms with van der Waals surface area (Å²) in [4.78, 5) is 19.2. The summed E-state index contributed by atoms with van der Waals surface area (Å²) in [5.74, 6) is -0.0550. The maximum absolute atomic E-state index is 13.0. The highest BCUT2D eigenvalue weighted by atomic mass is 79.9. The van der Waals surface area contributed by atoms with E-state index in [1.54, 1.807) is 6.33 Å². The maximum Gasteiger partial charge on any atom is 0.257 e. The molecule has 7 nitrogen and oxygen atoms in total. The van der Waals surface area contributed by atoms with Crippen LogP contribution in [0.5, 0.6) is 0 Å². The molecule has 2 aliphatic rings. The molecule has 0 aliphatic carbocycles. The van der Waals surface area contributed by atoms with E-state index in [2.05, 4.69) is 26.1 Å². The van der Waals surface area contributed by atoms with Gasteiger partial charge in [-0.2, -0.15) is 0 Å². The third kappa shape index (κ3) is 1.91. The number of nitrogens with zero attached hydrogens (tertiary/aromatic N) is 4. The van der Waals surface area contributed by atoms with Crippen LogP contribution in [0.1, 0.15) is 40.6 Å². The monoisotopic (exact) mass is 375 g/mol. The quantitative estimate of drug-likeness (QED) is 0.344. The highest BCUT2D eigenvalue weighted by Gasteiger charge is 2.40. The van der Waals surface area contributed by atoms with Crippen molar-refractivity contribution in [3.05, 3.63) is 46.0 Å². The van der Waals surface area contributed by atoms with Gasteiger partial charge in [-0.05, 0) is 40.9 Å². The van der Waals surface area contributed by atoms with Crippen LogP contribution in [-0.4, -0.2) is 37.9 Å². The van der Waals surface area contributed by atoms with Crippen molar-refractivity contribution < 1.29 is 10.0 Å². The van der Waals surface area contributed by atoms with E-state index in [4.69, 9.17) is 10.9 Å². The minimum absolute atomic E-state index is 0.0101. The number of fused-ring (bicyclic) bond motifs is 5. The minimum atomic E-state index is -0.125. The zero-order valence-electron chi connectivity index (χ0n) is 12.1. The standard InChI is InChI=1S/C15H14BrN5O2/c16-8-3-1-4-9-11(8)15(22)20-6-2-5-10(20)13-12(14(17)19-23)18-7-21(9)13/h1,3-4,7,10,23H,2,5-6H2,(H2,17,19)/t10-/m0/s1. The molecule has 3 N–H and O–H groups in total. The Kier molecular flexibility index (Phi) is 3.15. The lowest BCUT2D eigenvalue weighted by atomic mass is 10.1. The molecule has 1 aromatic heterocycles. The summed E-state index contributed by atoms with van der Waals surface area (Å²) in [5.41, 5.74) is 8.37. The van der Waals surface area contributed by atoms with Gasteiger partial charge in [-0.3, -0.25) is 9.36 Å². The molecule has 3 heterocycles. The summed E-state index contributed by atoms with van der Waals surface area (Å²) >= 11 is 3.49. The first kappa shape index (κ1) is 14.3. The minimum Gasteiger partial charge on any atom is -0.409 e. The second kappa shape index (κ2) is 5.09. The zero-order valence-corrected chi connectivity index (χ0v) is 13.7. The molecule has 1 aromatic carbocycles. The first-order valence-corrected chi connectivity index (χ1v) is 8.07. The molecule has 23 heavy (non-hydrogen) atoms. The number of halogens is 1. The van der Waals surface area contributed by atoms with Gasteiger partial charge in [0.2, 0.25) is 0 Å². The molecule has 2 aromatic rings. The summed E-state index contributed by atoms with van der Waals surface area (Å²) < 4.78 is 2.62. The molecule has 118 valence electrons. The number of nitrogens with two attached hydrogens (primary N) is 1. The number of carbonyl (C=O) groups is 1. The highest BCUT2D eigenvalue weighted by molar-refractivity contribution is 9.10. The Bertz CT molecular complexity index is 844. The van der Waals surface area contributed by atoms with Crippen LogP contribution < -0.4 is 5.73 Å². The van der Waals surface area contributed by atoms with Crippen LogP contribution in [0.4, 0.5) is 0 Å². The van der Waals surface area contributed by atoms with Crippen LogP contribution in [0.15, 0.2) is 34.2 Å². The smallest absolute Gasteiger partial charge is 0.257 e. The zero-order chi connectivity index (χ0) is 16.1. The fourth-order valence-corrected chi connectivity index (χ4v) is 4.00. The summed E-state index contributed by atoms with van der Waals surface area (Å²) in [6.45, 7) is 0.686. The number of rotatable bonds is 1. The van der Waals surface area contributed by atoms with Crippen LogP contribution in [0.25, 0.3) is 5.69 Å². The maximum atomic E-state index is 13.0. The lowest BCUT2D eigenvalue weighted by molar-refractivity contribution is 0.0737. The lowest BCUT2D eigenvalue weighted by Crippen LogP contribution is -2.31. The Balaban J connectivity index is 2.06. The molecule has 4 rings (SSSR count). The molecular weight excluding hydrogens is 362 g/mol. The van der Waals surface area contributed by atoms with E-state index in [1.807, 2.05) is 27.7 Å². The van der Waals surface area contributed by atoms with Crippen LogP contribution >= 0.6 is 15.9 Å². The number of carbonyl (C=O) groups excluding carboxylic acids is 1. The molecule has 0 unspecified atom stereocenters. The molecule has 1 amide bonds. The van der Waals surface area contributed by atoms with E-state index in [1.165, 1.54) is 0 Å². The van der Waals surface area contributed by atoms with Crippen molar-refractivity contribution in [2.75, 3.05) is 6.54 Å².